The number of halogens is 1. The molecule has 1 aromatic rings. The third kappa shape index (κ3) is 4.89. The Balaban J connectivity index is 2.02. The van der Waals surface area contributed by atoms with Crippen molar-refractivity contribution >= 4 is 15.9 Å². The second kappa shape index (κ2) is 8.64. The maximum absolute atomic E-state index is 5.66. The van der Waals surface area contributed by atoms with E-state index in [1.54, 1.807) is 7.11 Å². The Morgan fingerprint density at radius 1 is 1.14 bits per heavy atom. The van der Waals surface area contributed by atoms with E-state index in [9.17, 15) is 0 Å². The van der Waals surface area contributed by atoms with Crippen molar-refractivity contribution in [2.75, 3.05) is 13.7 Å². The lowest BCUT2D eigenvalue weighted by Gasteiger charge is -2.18. The molecule has 0 heterocycles. The van der Waals surface area contributed by atoms with Gasteiger partial charge in [0.05, 0.1) is 13.7 Å². The fourth-order valence-corrected chi connectivity index (χ4v) is 3.34. The molecule has 0 atom stereocenters. The van der Waals surface area contributed by atoms with Crippen LogP contribution in [0.4, 0.5) is 0 Å². The van der Waals surface area contributed by atoms with Gasteiger partial charge in [0.2, 0.25) is 0 Å². The molecule has 1 aliphatic carbocycles. The minimum Gasteiger partial charge on any atom is -0.493 e. The van der Waals surface area contributed by atoms with Gasteiger partial charge in [0.25, 0.3) is 0 Å². The molecule has 0 unspecified atom stereocenters. The van der Waals surface area contributed by atoms with Gasteiger partial charge < -0.3 is 14.8 Å². The highest BCUT2D eigenvalue weighted by atomic mass is 79.9. The van der Waals surface area contributed by atoms with E-state index in [1.165, 1.54) is 44.1 Å². The number of hydrogen-bond acceptors (Lipinski definition) is 3. The summed E-state index contributed by atoms with van der Waals surface area (Å²) in [7, 11) is 1.67. The van der Waals surface area contributed by atoms with Crippen LogP contribution in [0.5, 0.6) is 11.5 Å². The standard InChI is InChI=1S/C17H26BrNO2/c1-3-21-17-10-13(15(18)11-16(17)20-2)12-19-14-8-6-4-5-7-9-14/h10-11,14,19H,3-9,12H2,1-2H3. The Morgan fingerprint density at radius 3 is 2.48 bits per heavy atom. The summed E-state index contributed by atoms with van der Waals surface area (Å²) in [6.45, 7) is 3.51. The molecular formula is C17H26BrNO2. The lowest BCUT2D eigenvalue weighted by molar-refractivity contribution is 0.310. The van der Waals surface area contributed by atoms with Crippen molar-refractivity contribution in [3.63, 3.8) is 0 Å². The SMILES string of the molecule is CCOc1cc(CNC2CCCCCC2)c(Br)cc1OC. The monoisotopic (exact) mass is 355 g/mol. The van der Waals surface area contributed by atoms with Crippen molar-refractivity contribution in [1.82, 2.24) is 5.32 Å². The highest BCUT2D eigenvalue weighted by molar-refractivity contribution is 9.10. The summed E-state index contributed by atoms with van der Waals surface area (Å²) in [5.41, 5.74) is 1.23. The van der Waals surface area contributed by atoms with Crippen LogP contribution in [0.3, 0.4) is 0 Å². The molecule has 1 aliphatic rings. The Morgan fingerprint density at radius 2 is 1.86 bits per heavy atom. The normalized spacial score (nSPS) is 16.5. The maximum atomic E-state index is 5.66. The summed E-state index contributed by atoms with van der Waals surface area (Å²) in [6, 6.07) is 4.72. The van der Waals surface area contributed by atoms with E-state index in [0.717, 1.165) is 22.5 Å². The maximum Gasteiger partial charge on any atom is 0.161 e. The first-order valence-corrected chi connectivity index (χ1v) is 8.76. The van der Waals surface area contributed by atoms with E-state index in [-0.39, 0.29) is 0 Å². The zero-order valence-electron chi connectivity index (χ0n) is 13.1. The first-order chi connectivity index (χ1) is 10.2. The first-order valence-electron chi connectivity index (χ1n) is 7.97. The zero-order valence-corrected chi connectivity index (χ0v) is 14.7. The van der Waals surface area contributed by atoms with Crippen LogP contribution in [0.1, 0.15) is 51.0 Å². The lowest BCUT2D eigenvalue weighted by atomic mass is 10.1. The van der Waals surface area contributed by atoms with E-state index >= 15 is 0 Å². The van der Waals surface area contributed by atoms with E-state index in [4.69, 9.17) is 9.47 Å². The third-order valence-electron chi connectivity index (χ3n) is 4.07. The van der Waals surface area contributed by atoms with Crippen molar-refractivity contribution < 1.29 is 9.47 Å². The molecule has 3 nitrogen and oxygen atoms in total. The Hall–Kier alpha value is -0.740. The van der Waals surface area contributed by atoms with Gasteiger partial charge in [-0.2, -0.15) is 0 Å². The number of methoxy groups -OCH3 is 1. The molecule has 1 aromatic carbocycles. The zero-order chi connectivity index (χ0) is 15.1. The van der Waals surface area contributed by atoms with Crippen LogP contribution in [0.15, 0.2) is 16.6 Å². The van der Waals surface area contributed by atoms with Gasteiger partial charge in [-0.25, -0.2) is 0 Å². The molecule has 4 heteroatoms. The largest absolute Gasteiger partial charge is 0.493 e. The van der Waals surface area contributed by atoms with Crippen molar-refractivity contribution in [2.45, 2.75) is 58.0 Å². The number of rotatable bonds is 6. The second-order valence-corrected chi connectivity index (χ2v) is 6.45. The summed E-state index contributed by atoms with van der Waals surface area (Å²) in [5, 5.41) is 3.70. The van der Waals surface area contributed by atoms with E-state index in [2.05, 4.69) is 27.3 Å². The number of nitrogens with one attached hydrogen (secondary N) is 1. The average molecular weight is 356 g/mol. The van der Waals surface area contributed by atoms with Gasteiger partial charge in [0.15, 0.2) is 11.5 Å². The highest BCUT2D eigenvalue weighted by Crippen LogP contribution is 2.33. The molecule has 1 N–H and O–H groups in total. The van der Waals surface area contributed by atoms with Crippen LogP contribution in [0, 0.1) is 0 Å². The fourth-order valence-electron chi connectivity index (χ4n) is 2.88. The van der Waals surface area contributed by atoms with Crippen molar-refractivity contribution in [2.24, 2.45) is 0 Å². The molecule has 0 saturated heterocycles. The van der Waals surface area contributed by atoms with Crippen LogP contribution in [0.2, 0.25) is 0 Å². The smallest absolute Gasteiger partial charge is 0.161 e. The summed E-state index contributed by atoms with van der Waals surface area (Å²) >= 11 is 3.64. The Bertz CT molecular complexity index is 443. The van der Waals surface area contributed by atoms with Crippen molar-refractivity contribution in [3.8, 4) is 11.5 Å². The van der Waals surface area contributed by atoms with Gasteiger partial charge in [-0.05, 0) is 37.5 Å². The summed E-state index contributed by atoms with van der Waals surface area (Å²) < 4.78 is 12.1. The van der Waals surface area contributed by atoms with Crippen molar-refractivity contribution in [1.29, 1.82) is 0 Å². The Kier molecular flexibility index (Phi) is 6.84. The minimum atomic E-state index is 0.646. The van der Waals surface area contributed by atoms with Crippen LogP contribution in [0.25, 0.3) is 0 Å². The van der Waals surface area contributed by atoms with E-state index < -0.39 is 0 Å². The van der Waals surface area contributed by atoms with Gasteiger partial charge in [-0.1, -0.05) is 41.6 Å². The Labute approximate surface area is 136 Å². The van der Waals surface area contributed by atoms with Gasteiger partial charge in [0.1, 0.15) is 0 Å². The average Bonchev–Trinajstić information content (AvgIpc) is 2.76. The molecule has 0 radical (unpaired) electrons. The predicted octanol–water partition coefficient (Wildman–Crippen LogP) is 4.67. The van der Waals surface area contributed by atoms with Crippen LogP contribution >= 0.6 is 15.9 Å². The molecule has 1 saturated carbocycles. The van der Waals surface area contributed by atoms with Gasteiger partial charge in [0, 0.05) is 17.1 Å². The molecule has 118 valence electrons. The number of ether oxygens (including phenoxy) is 2. The van der Waals surface area contributed by atoms with Crippen LogP contribution in [-0.2, 0) is 6.54 Å². The quantitative estimate of drug-likeness (QED) is 0.752. The van der Waals surface area contributed by atoms with Crippen LogP contribution in [-0.4, -0.2) is 19.8 Å². The van der Waals surface area contributed by atoms with Crippen molar-refractivity contribution in [3.05, 3.63) is 22.2 Å². The molecule has 0 bridgehead atoms. The topological polar surface area (TPSA) is 30.5 Å². The molecule has 0 spiro atoms. The molecule has 0 amide bonds. The molecule has 2 rings (SSSR count). The second-order valence-electron chi connectivity index (χ2n) is 5.60. The summed E-state index contributed by atoms with van der Waals surface area (Å²) in [5.74, 6) is 1.60. The first kappa shape index (κ1) is 16.6. The number of benzene rings is 1. The summed E-state index contributed by atoms with van der Waals surface area (Å²) in [6.07, 6.45) is 8.08. The molecule has 0 aliphatic heterocycles. The van der Waals surface area contributed by atoms with Crippen LogP contribution < -0.4 is 14.8 Å². The molecule has 21 heavy (non-hydrogen) atoms. The molecular weight excluding hydrogens is 330 g/mol. The van der Waals surface area contributed by atoms with Gasteiger partial charge in [-0.3, -0.25) is 0 Å². The third-order valence-corrected chi connectivity index (χ3v) is 4.81. The van der Waals surface area contributed by atoms with E-state index in [0.29, 0.717) is 12.6 Å². The van der Waals surface area contributed by atoms with Gasteiger partial charge in [-0.15, -0.1) is 0 Å². The minimum absolute atomic E-state index is 0.646. The fraction of sp³-hybridized carbons (Fsp3) is 0.647. The number of hydrogen-bond donors (Lipinski definition) is 1. The summed E-state index contributed by atoms with van der Waals surface area (Å²) in [4.78, 5) is 0. The lowest BCUT2D eigenvalue weighted by Crippen LogP contribution is -2.28. The highest BCUT2D eigenvalue weighted by Gasteiger charge is 2.14. The van der Waals surface area contributed by atoms with E-state index in [1.807, 2.05) is 13.0 Å². The molecule has 1 fully saturated rings. The molecule has 0 aromatic heterocycles. The predicted molar refractivity (Wildman–Crippen MR) is 90.2 cm³/mol. The van der Waals surface area contributed by atoms with Gasteiger partial charge >= 0.3 is 0 Å².